The van der Waals surface area contributed by atoms with Crippen molar-refractivity contribution < 1.29 is 23.8 Å². The van der Waals surface area contributed by atoms with Gasteiger partial charge in [-0.2, -0.15) is 0 Å². The van der Waals surface area contributed by atoms with Crippen molar-refractivity contribution in [1.82, 2.24) is 4.90 Å². The highest BCUT2D eigenvalue weighted by molar-refractivity contribution is 6.02. The van der Waals surface area contributed by atoms with Crippen molar-refractivity contribution in [1.29, 1.82) is 0 Å². The Morgan fingerprint density at radius 3 is 2.73 bits per heavy atom. The van der Waals surface area contributed by atoms with Crippen LogP contribution in [0.5, 0.6) is 17.2 Å². The smallest absolute Gasteiger partial charge is 0.248 e. The van der Waals surface area contributed by atoms with Crippen LogP contribution in [0, 0.1) is 0 Å². The van der Waals surface area contributed by atoms with E-state index in [4.69, 9.17) is 14.2 Å². The lowest BCUT2D eigenvalue weighted by Gasteiger charge is -2.20. The number of nitrogens with zero attached hydrogens (tertiary/aromatic N) is 1. The molecule has 2 aromatic rings. The average molecular weight is 410 g/mol. The van der Waals surface area contributed by atoms with Gasteiger partial charge in [-0.25, -0.2) is 0 Å². The number of amides is 2. The van der Waals surface area contributed by atoms with Crippen LogP contribution in [0.4, 0.5) is 5.69 Å². The summed E-state index contributed by atoms with van der Waals surface area (Å²) in [6.07, 6.45) is 3.14. The first-order valence-electron chi connectivity index (χ1n) is 9.81. The third-order valence-corrected chi connectivity index (χ3v) is 4.67. The Morgan fingerprint density at radius 2 is 2.00 bits per heavy atom. The summed E-state index contributed by atoms with van der Waals surface area (Å²) in [6, 6.07) is 11.1. The predicted molar refractivity (Wildman–Crippen MR) is 115 cm³/mol. The lowest BCUT2D eigenvalue weighted by molar-refractivity contribution is -0.129. The van der Waals surface area contributed by atoms with E-state index in [1.807, 2.05) is 37.3 Å². The summed E-state index contributed by atoms with van der Waals surface area (Å²) in [5.74, 6) is 1.49. The average Bonchev–Trinajstić information content (AvgIpc) is 2.75. The molecule has 1 aliphatic heterocycles. The van der Waals surface area contributed by atoms with E-state index in [1.54, 1.807) is 31.1 Å². The standard InChI is InChI=1S/C23H26N2O5/c1-4-25(16(2)26)15-18-6-5-7-19(12-18)24-22(27)9-8-17-13-20(28-3)23-21(14-17)29-10-11-30-23/h5-9,12-14H,4,10-11,15H2,1-3H3,(H,24,27)/b9-8+. The Balaban J connectivity index is 1.68. The van der Waals surface area contributed by atoms with Crippen LogP contribution in [0.15, 0.2) is 42.5 Å². The number of anilines is 1. The van der Waals surface area contributed by atoms with Crippen molar-refractivity contribution in [2.45, 2.75) is 20.4 Å². The first-order valence-corrected chi connectivity index (χ1v) is 9.81. The van der Waals surface area contributed by atoms with Crippen molar-refractivity contribution in [3.05, 3.63) is 53.6 Å². The number of carbonyl (C=O) groups excluding carboxylic acids is 2. The SMILES string of the molecule is CCN(Cc1cccc(NC(=O)/C=C/c2cc(OC)c3c(c2)OCCO3)c1)C(C)=O. The van der Waals surface area contributed by atoms with Gasteiger partial charge in [0.15, 0.2) is 11.5 Å². The van der Waals surface area contributed by atoms with Crippen LogP contribution in [0.25, 0.3) is 6.08 Å². The molecule has 0 unspecified atom stereocenters. The van der Waals surface area contributed by atoms with Gasteiger partial charge in [0, 0.05) is 31.8 Å². The Bertz CT molecular complexity index is 937. The van der Waals surface area contributed by atoms with E-state index in [-0.39, 0.29) is 11.8 Å². The molecule has 30 heavy (non-hydrogen) atoms. The van der Waals surface area contributed by atoms with E-state index in [9.17, 15) is 9.59 Å². The maximum Gasteiger partial charge on any atom is 0.248 e. The molecule has 0 aliphatic carbocycles. The molecule has 0 aromatic heterocycles. The van der Waals surface area contributed by atoms with Gasteiger partial charge in [0.25, 0.3) is 0 Å². The van der Waals surface area contributed by atoms with Crippen LogP contribution >= 0.6 is 0 Å². The van der Waals surface area contributed by atoms with E-state index in [2.05, 4.69) is 5.32 Å². The zero-order valence-electron chi connectivity index (χ0n) is 17.4. The van der Waals surface area contributed by atoms with Gasteiger partial charge in [-0.1, -0.05) is 12.1 Å². The molecule has 0 saturated carbocycles. The molecule has 0 fully saturated rings. The minimum absolute atomic E-state index is 0.0183. The summed E-state index contributed by atoms with van der Waals surface area (Å²) in [5, 5.41) is 2.85. The fourth-order valence-corrected chi connectivity index (χ4v) is 3.16. The monoisotopic (exact) mass is 410 g/mol. The summed E-state index contributed by atoms with van der Waals surface area (Å²) in [4.78, 5) is 25.7. The third kappa shape index (κ3) is 5.31. The number of fused-ring (bicyclic) bond motifs is 1. The maximum atomic E-state index is 12.4. The van der Waals surface area contributed by atoms with Crippen LogP contribution in [0.3, 0.4) is 0 Å². The Kier molecular flexibility index (Phi) is 6.95. The molecule has 0 saturated heterocycles. The normalized spacial score (nSPS) is 12.5. The fraction of sp³-hybridized carbons (Fsp3) is 0.304. The zero-order chi connectivity index (χ0) is 21.5. The lowest BCUT2D eigenvalue weighted by atomic mass is 10.1. The van der Waals surface area contributed by atoms with Crippen LogP contribution in [0.1, 0.15) is 25.0 Å². The topological polar surface area (TPSA) is 77.1 Å². The molecule has 3 rings (SSSR count). The van der Waals surface area contributed by atoms with E-state index in [0.717, 1.165) is 11.1 Å². The number of carbonyl (C=O) groups is 2. The first-order chi connectivity index (χ1) is 14.5. The minimum Gasteiger partial charge on any atom is -0.493 e. The molecule has 2 amide bonds. The summed E-state index contributed by atoms with van der Waals surface area (Å²) in [6.45, 7) is 5.56. The van der Waals surface area contributed by atoms with E-state index >= 15 is 0 Å². The maximum absolute atomic E-state index is 12.4. The largest absolute Gasteiger partial charge is 0.493 e. The molecule has 158 valence electrons. The van der Waals surface area contributed by atoms with Gasteiger partial charge in [0.1, 0.15) is 13.2 Å². The zero-order valence-corrected chi connectivity index (χ0v) is 17.4. The number of hydrogen-bond acceptors (Lipinski definition) is 5. The Hall–Kier alpha value is -3.48. The van der Waals surface area contributed by atoms with Gasteiger partial charge in [0.2, 0.25) is 17.6 Å². The van der Waals surface area contributed by atoms with E-state index in [0.29, 0.717) is 49.2 Å². The number of hydrogen-bond donors (Lipinski definition) is 1. The van der Waals surface area contributed by atoms with Gasteiger partial charge >= 0.3 is 0 Å². The molecular weight excluding hydrogens is 384 g/mol. The Labute approximate surface area is 176 Å². The number of nitrogens with one attached hydrogen (secondary N) is 1. The number of ether oxygens (including phenoxy) is 3. The van der Waals surface area contributed by atoms with Crippen molar-refractivity contribution in [3.63, 3.8) is 0 Å². The molecule has 7 heteroatoms. The number of methoxy groups -OCH3 is 1. The predicted octanol–water partition coefficient (Wildman–Crippen LogP) is 3.49. The summed E-state index contributed by atoms with van der Waals surface area (Å²) in [5.41, 5.74) is 2.38. The van der Waals surface area contributed by atoms with Crippen LogP contribution < -0.4 is 19.5 Å². The van der Waals surface area contributed by atoms with Crippen molar-refractivity contribution in [2.24, 2.45) is 0 Å². The number of benzene rings is 2. The van der Waals surface area contributed by atoms with Crippen molar-refractivity contribution in [2.75, 3.05) is 32.2 Å². The molecule has 1 aliphatic rings. The molecule has 1 heterocycles. The molecule has 1 N–H and O–H groups in total. The van der Waals surface area contributed by atoms with Gasteiger partial charge in [-0.15, -0.1) is 0 Å². The quantitative estimate of drug-likeness (QED) is 0.707. The second kappa shape index (κ2) is 9.82. The molecule has 0 atom stereocenters. The molecule has 0 radical (unpaired) electrons. The lowest BCUT2D eigenvalue weighted by Crippen LogP contribution is -2.27. The molecule has 7 nitrogen and oxygen atoms in total. The molecule has 0 bridgehead atoms. The minimum atomic E-state index is -0.264. The first kappa shape index (κ1) is 21.2. The van der Waals surface area contributed by atoms with Crippen molar-refractivity contribution >= 4 is 23.6 Å². The highest BCUT2D eigenvalue weighted by atomic mass is 16.6. The Morgan fingerprint density at radius 1 is 1.20 bits per heavy atom. The summed E-state index contributed by atoms with van der Waals surface area (Å²) in [7, 11) is 1.56. The summed E-state index contributed by atoms with van der Waals surface area (Å²) >= 11 is 0. The third-order valence-electron chi connectivity index (χ3n) is 4.67. The van der Waals surface area contributed by atoms with Crippen LogP contribution in [-0.2, 0) is 16.1 Å². The van der Waals surface area contributed by atoms with Crippen LogP contribution in [-0.4, -0.2) is 43.6 Å². The van der Waals surface area contributed by atoms with E-state index in [1.165, 1.54) is 6.08 Å². The van der Waals surface area contributed by atoms with Gasteiger partial charge in [-0.3, -0.25) is 9.59 Å². The van der Waals surface area contributed by atoms with Gasteiger partial charge < -0.3 is 24.4 Å². The van der Waals surface area contributed by atoms with Gasteiger partial charge in [-0.05, 0) is 48.4 Å². The van der Waals surface area contributed by atoms with E-state index < -0.39 is 0 Å². The molecule has 0 spiro atoms. The van der Waals surface area contributed by atoms with Crippen LogP contribution in [0.2, 0.25) is 0 Å². The highest BCUT2D eigenvalue weighted by Crippen LogP contribution is 2.40. The highest BCUT2D eigenvalue weighted by Gasteiger charge is 2.17. The van der Waals surface area contributed by atoms with Gasteiger partial charge in [0.05, 0.1) is 7.11 Å². The fourth-order valence-electron chi connectivity index (χ4n) is 3.16. The number of rotatable bonds is 7. The second-order valence-electron chi connectivity index (χ2n) is 6.80. The second-order valence-corrected chi connectivity index (χ2v) is 6.80. The van der Waals surface area contributed by atoms with Crippen molar-refractivity contribution in [3.8, 4) is 17.2 Å². The molecular formula is C23H26N2O5. The molecule has 2 aromatic carbocycles. The summed E-state index contributed by atoms with van der Waals surface area (Å²) < 4.78 is 16.6.